The van der Waals surface area contributed by atoms with Crippen LogP contribution in [0.2, 0.25) is 0 Å². The van der Waals surface area contributed by atoms with Gasteiger partial charge in [0, 0.05) is 18.6 Å². The summed E-state index contributed by atoms with van der Waals surface area (Å²) in [6, 6.07) is 3.26. The molecule has 1 rings (SSSR count). The molecule has 1 heterocycles. The van der Waals surface area contributed by atoms with E-state index in [1.807, 2.05) is 6.07 Å². The molecule has 1 unspecified atom stereocenters. The second kappa shape index (κ2) is 6.96. The van der Waals surface area contributed by atoms with E-state index in [9.17, 15) is 13.2 Å². The first-order valence-electron chi connectivity index (χ1n) is 6.35. The number of nitrogens with zero attached hydrogens (tertiary/aromatic N) is 1. The summed E-state index contributed by atoms with van der Waals surface area (Å²) in [6.45, 7) is 5.46. The molecule has 0 aliphatic rings. The SMILES string of the molecule is CC(C)N(CC(F)(F)F)C(C)CNCc1ccco1. The second-order valence-electron chi connectivity index (χ2n) is 4.94. The number of furan rings is 1. The number of hydrogen-bond donors (Lipinski definition) is 1. The first-order chi connectivity index (χ1) is 8.79. The molecule has 0 spiro atoms. The van der Waals surface area contributed by atoms with Crippen molar-refractivity contribution in [3.63, 3.8) is 0 Å². The molecule has 1 aromatic heterocycles. The van der Waals surface area contributed by atoms with Crippen LogP contribution in [-0.2, 0) is 6.54 Å². The van der Waals surface area contributed by atoms with Crippen molar-refractivity contribution >= 4 is 0 Å². The van der Waals surface area contributed by atoms with Gasteiger partial charge in [0.1, 0.15) is 5.76 Å². The highest BCUT2D eigenvalue weighted by molar-refractivity contribution is 4.97. The average Bonchev–Trinajstić information content (AvgIpc) is 2.77. The third-order valence-corrected chi connectivity index (χ3v) is 2.91. The van der Waals surface area contributed by atoms with Gasteiger partial charge in [-0.25, -0.2) is 0 Å². The van der Waals surface area contributed by atoms with Gasteiger partial charge in [0.25, 0.3) is 0 Å². The fourth-order valence-electron chi connectivity index (χ4n) is 1.99. The monoisotopic (exact) mass is 278 g/mol. The Hall–Kier alpha value is -1.01. The molecule has 1 aromatic rings. The first kappa shape index (κ1) is 16.0. The van der Waals surface area contributed by atoms with E-state index in [-0.39, 0.29) is 12.1 Å². The van der Waals surface area contributed by atoms with Crippen LogP contribution in [0.5, 0.6) is 0 Å². The predicted molar refractivity (Wildman–Crippen MR) is 67.8 cm³/mol. The number of alkyl halides is 3. The van der Waals surface area contributed by atoms with E-state index in [0.717, 1.165) is 5.76 Å². The molecule has 0 aliphatic carbocycles. The van der Waals surface area contributed by atoms with Crippen molar-refractivity contribution < 1.29 is 17.6 Å². The van der Waals surface area contributed by atoms with Crippen molar-refractivity contribution in [1.29, 1.82) is 0 Å². The molecule has 3 nitrogen and oxygen atoms in total. The predicted octanol–water partition coefficient (Wildman–Crippen LogP) is 3.03. The van der Waals surface area contributed by atoms with Crippen LogP contribution in [0.4, 0.5) is 13.2 Å². The van der Waals surface area contributed by atoms with Gasteiger partial charge in [0.2, 0.25) is 0 Å². The van der Waals surface area contributed by atoms with E-state index in [1.165, 1.54) is 4.90 Å². The molecular weight excluding hydrogens is 257 g/mol. The molecule has 0 aromatic carbocycles. The van der Waals surface area contributed by atoms with Gasteiger partial charge < -0.3 is 9.73 Å². The van der Waals surface area contributed by atoms with Gasteiger partial charge in [-0.2, -0.15) is 13.2 Å². The minimum absolute atomic E-state index is 0.151. The van der Waals surface area contributed by atoms with Crippen LogP contribution in [0.15, 0.2) is 22.8 Å². The smallest absolute Gasteiger partial charge is 0.401 e. The molecule has 110 valence electrons. The topological polar surface area (TPSA) is 28.4 Å². The maximum Gasteiger partial charge on any atom is 0.401 e. The minimum atomic E-state index is -4.17. The Balaban J connectivity index is 2.41. The third kappa shape index (κ3) is 6.11. The highest BCUT2D eigenvalue weighted by Gasteiger charge is 2.33. The maximum atomic E-state index is 12.5. The van der Waals surface area contributed by atoms with Gasteiger partial charge in [-0.15, -0.1) is 0 Å². The van der Waals surface area contributed by atoms with E-state index in [4.69, 9.17) is 4.42 Å². The molecule has 0 radical (unpaired) electrons. The average molecular weight is 278 g/mol. The van der Waals surface area contributed by atoms with Gasteiger partial charge in [0.05, 0.1) is 19.4 Å². The highest BCUT2D eigenvalue weighted by atomic mass is 19.4. The van der Waals surface area contributed by atoms with Crippen molar-refractivity contribution in [1.82, 2.24) is 10.2 Å². The molecule has 0 aliphatic heterocycles. The van der Waals surface area contributed by atoms with Gasteiger partial charge >= 0.3 is 6.18 Å². The summed E-state index contributed by atoms with van der Waals surface area (Å²) in [4.78, 5) is 1.44. The summed E-state index contributed by atoms with van der Waals surface area (Å²) >= 11 is 0. The zero-order valence-electron chi connectivity index (χ0n) is 11.5. The van der Waals surface area contributed by atoms with Crippen LogP contribution >= 0.6 is 0 Å². The quantitative estimate of drug-likeness (QED) is 0.831. The Labute approximate surface area is 111 Å². The van der Waals surface area contributed by atoms with E-state index in [1.54, 1.807) is 33.1 Å². The number of nitrogens with one attached hydrogen (secondary N) is 1. The highest BCUT2D eigenvalue weighted by Crippen LogP contribution is 2.19. The molecular formula is C13H21F3N2O. The van der Waals surface area contributed by atoms with Crippen molar-refractivity contribution in [2.45, 2.75) is 45.6 Å². The molecule has 0 fully saturated rings. The Morgan fingerprint density at radius 3 is 2.47 bits per heavy atom. The summed E-state index contributed by atoms with van der Waals surface area (Å²) in [5.41, 5.74) is 0. The first-order valence-corrected chi connectivity index (χ1v) is 6.35. The summed E-state index contributed by atoms with van der Waals surface area (Å²) in [5, 5.41) is 3.11. The molecule has 0 bridgehead atoms. The van der Waals surface area contributed by atoms with Crippen LogP contribution in [-0.4, -0.2) is 36.2 Å². The summed E-state index contributed by atoms with van der Waals surface area (Å²) in [7, 11) is 0. The molecule has 0 saturated heterocycles. The number of hydrogen-bond acceptors (Lipinski definition) is 3. The Morgan fingerprint density at radius 2 is 2.00 bits per heavy atom. The minimum Gasteiger partial charge on any atom is -0.468 e. The largest absolute Gasteiger partial charge is 0.468 e. The number of halogens is 3. The van der Waals surface area contributed by atoms with Crippen molar-refractivity contribution in [2.24, 2.45) is 0 Å². The van der Waals surface area contributed by atoms with E-state index in [0.29, 0.717) is 13.1 Å². The van der Waals surface area contributed by atoms with E-state index in [2.05, 4.69) is 5.32 Å². The van der Waals surface area contributed by atoms with Crippen molar-refractivity contribution in [3.05, 3.63) is 24.2 Å². The van der Waals surface area contributed by atoms with Crippen LogP contribution < -0.4 is 5.32 Å². The van der Waals surface area contributed by atoms with Gasteiger partial charge in [-0.3, -0.25) is 4.90 Å². The zero-order valence-corrected chi connectivity index (χ0v) is 11.5. The van der Waals surface area contributed by atoms with Crippen LogP contribution in [0.25, 0.3) is 0 Å². The van der Waals surface area contributed by atoms with Crippen molar-refractivity contribution in [3.8, 4) is 0 Å². The van der Waals surface area contributed by atoms with Crippen LogP contribution in [0.3, 0.4) is 0 Å². The Bertz CT molecular complexity index is 349. The Morgan fingerprint density at radius 1 is 1.32 bits per heavy atom. The summed E-state index contributed by atoms with van der Waals surface area (Å²) in [6.07, 6.45) is -2.59. The molecule has 19 heavy (non-hydrogen) atoms. The lowest BCUT2D eigenvalue weighted by atomic mass is 10.2. The lowest BCUT2D eigenvalue weighted by Gasteiger charge is -2.33. The van der Waals surface area contributed by atoms with Gasteiger partial charge in [-0.1, -0.05) is 0 Å². The second-order valence-corrected chi connectivity index (χ2v) is 4.94. The molecule has 6 heteroatoms. The van der Waals surface area contributed by atoms with Crippen LogP contribution in [0.1, 0.15) is 26.5 Å². The van der Waals surface area contributed by atoms with Crippen LogP contribution in [0, 0.1) is 0 Å². The fourth-order valence-corrected chi connectivity index (χ4v) is 1.99. The number of rotatable bonds is 7. The van der Waals surface area contributed by atoms with E-state index < -0.39 is 12.7 Å². The molecule has 1 atom stereocenters. The Kier molecular flexibility index (Phi) is 5.87. The molecule has 0 saturated carbocycles. The lowest BCUT2D eigenvalue weighted by Crippen LogP contribution is -2.48. The lowest BCUT2D eigenvalue weighted by molar-refractivity contribution is -0.154. The van der Waals surface area contributed by atoms with E-state index >= 15 is 0 Å². The molecule has 1 N–H and O–H groups in total. The molecule has 0 amide bonds. The maximum absolute atomic E-state index is 12.5. The van der Waals surface area contributed by atoms with Gasteiger partial charge in [0.15, 0.2) is 0 Å². The fraction of sp³-hybridized carbons (Fsp3) is 0.692. The third-order valence-electron chi connectivity index (χ3n) is 2.91. The van der Waals surface area contributed by atoms with Gasteiger partial charge in [-0.05, 0) is 32.9 Å². The summed E-state index contributed by atoms with van der Waals surface area (Å²) < 4.78 is 42.6. The zero-order chi connectivity index (χ0) is 14.5. The van der Waals surface area contributed by atoms with Crippen molar-refractivity contribution in [2.75, 3.05) is 13.1 Å². The normalized spacial score (nSPS) is 14.3. The summed E-state index contributed by atoms with van der Waals surface area (Å²) in [5.74, 6) is 0.777. The standard InChI is InChI=1S/C13H21F3N2O/c1-10(2)18(9-13(14,15)16)11(3)7-17-8-12-5-4-6-19-12/h4-6,10-11,17H,7-9H2,1-3H3.